The van der Waals surface area contributed by atoms with Crippen LogP contribution in [0.2, 0.25) is 0 Å². The van der Waals surface area contributed by atoms with Gasteiger partial charge in [-0.25, -0.2) is 4.79 Å². The van der Waals surface area contributed by atoms with Gasteiger partial charge in [-0.05, 0) is 24.6 Å². The minimum atomic E-state index is -0.268. The van der Waals surface area contributed by atoms with Gasteiger partial charge in [0, 0.05) is 10.2 Å². The second-order valence-electron chi connectivity index (χ2n) is 2.57. The van der Waals surface area contributed by atoms with Crippen molar-refractivity contribution in [3.05, 3.63) is 28.0 Å². The Kier molecular flexibility index (Phi) is 4.90. The molecule has 76 valence electrons. The van der Waals surface area contributed by atoms with Gasteiger partial charge in [-0.2, -0.15) is 0 Å². The molecule has 0 spiro atoms. The third-order valence-corrected chi connectivity index (χ3v) is 3.06. The van der Waals surface area contributed by atoms with E-state index >= 15 is 0 Å². The molecule has 0 bridgehead atoms. The fourth-order valence-electron chi connectivity index (χ4n) is 0.915. The van der Waals surface area contributed by atoms with E-state index in [4.69, 9.17) is 0 Å². The minimum absolute atomic E-state index is 0.268. The molecule has 0 saturated heterocycles. The van der Waals surface area contributed by atoms with Gasteiger partial charge in [0.05, 0.1) is 7.11 Å². The molecule has 0 N–H and O–H groups in total. The van der Waals surface area contributed by atoms with Gasteiger partial charge in [-0.15, -0.1) is 11.3 Å². The Morgan fingerprint density at radius 2 is 2.43 bits per heavy atom. The van der Waals surface area contributed by atoms with Gasteiger partial charge in [0.25, 0.3) is 0 Å². The topological polar surface area (TPSA) is 26.3 Å². The number of carbonyl (C=O) groups is 1. The van der Waals surface area contributed by atoms with Crippen LogP contribution in [0.1, 0.15) is 21.0 Å². The Labute approximate surface area is 95.7 Å². The number of methoxy groups -OCH3 is 1. The van der Waals surface area contributed by atoms with Crippen LogP contribution in [-0.2, 0) is 4.74 Å². The highest BCUT2D eigenvalue weighted by molar-refractivity contribution is 9.09. The van der Waals surface area contributed by atoms with Crippen molar-refractivity contribution in [1.82, 2.24) is 0 Å². The van der Waals surface area contributed by atoms with E-state index in [0.29, 0.717) is 4.88 Å². The van der Waals surface area contributed by atoms with Crippen LogP contribution >= 0.6 is 27.3 Å². The van der Waals surface area contributed by atoms with E-state index in [1.807, 2.05) is 12.1 Å². The lowest BCUT2D eigenvalue weighted by atomic mass is 10.3. The molecule has 1 aromatic rings. The summed E-state index contributed by atoms with van der Waals surface area (Å²) in [6.45, 7) is 0. The van der Waals surface area contributed by atoms with Crippen LogP contribution in [0.4, 0.5) is 0 Å². The van der Waals surface area contributed by atoms with Crippen molar-refractivity contribution >= 4 is 39.3 Å². The number of thiophene rings is 1. The van der Waals surface area contributed by atoms with Crippen molar-refractivity contribution in [3.8, 4) is 0 Å². The van der Waals surface area contributed by atoms with Crippen molar-refractivity contribution in [1.29, 1.82) is 0 Å². The van der Waals surface area contributed by atoms with Gasteiger partial charge < -0.3 is 4.74 Å². The number of ether oxygens (including phenoxy) is 1. The summed E-state index contributed by atoms with van der Waals surface area (Å²) < 4.78 is 4.62. The molecule has 0 aromatic carbocycles. The number of allylic oxidation sites excluding steroid dienone is 1. The Morgan fingerprint density at radius 3 is 3.07 bits per heavy atom. The molecule has 14 heavy (non-hydrogen) atoms. The van der Waals surface area contributed by atoms with Gasteiger partial charge in [0.15, 0.2) is 0 Å². The number of esters is 1. The summed E-state index contributed by atoms with van der Waals surface area (Å²) in [6.07, 6.45) is 5.07. The van der Waals surface area contributed by atoms with E-state index in [1.165, 1.54) is 18.4 Å². The molecule has 4 heteroatoms. The molecule has 0 atom stereocenters. The first-order chi connectivity index (χ1) is 6.77. The van der Waals surface area contributed by atoms with Crippen molar-refractivity contribution in [2.45, 2.75) is 6.42 Å². The van der Waals surface area contributed by atoms with Gasteiger partial charge >= 0.3 is 5.97 Å². The molecule has 1 rings (SSSR count). The van der Waals surface area contributed by atoms with Gasteiger partial charge in [0.2, 0.25) is 0 Å². The average Bonchev–Trinajstić information content (AvgIpc) is 2.66. The maximum Gasteiger partial charge on any atom is 0.348 e. The SMILES string of the molecule is COC(=O)c1ccc(C=CCCBr)s1. The van der Waals surface area contributed by atoms with Crippen molar-refractivity contribution < 1.29 is 9.53 Å². The van der Waals surface area contributed by atoms with Crippen LogP contribution in [0.5, 0.6) is 0 Å². The van der Waals surface area contributed by atoms with E-state index in [2.05, 4.69) is 26.7 Å². The van der Waals surface area contributed by atoms with Crippen molar-refractivity contribution in [2.75, 3.05) is 12.4 Å². The van der Waals surface area contributed by atoms with Crippen LogP contribution in [-0.4, -0.2) is 18.4 Å². The minimum Gasteiger partial charge on any atom is -0.465 e. The van der Waals surface area contributed by atoms with Crippen LogP contribution in [0, 0.1) is 0 Å². The second-order valence-corrected chi connectivity index (χ2v) is 4.48. The summed E-state index contributed by atoms with van der Waals surface area (Å²) in [4.78, 5) is 12.8. The fourth-order valence-corrected chi connectivity index (χ4v) is 2.04. The first kappa shape index (κ1) is 11.5. The molecule has 0 aliphatic rings. The highest BCUT2D eigenvalue weighted by Crippen LogP contribution is 2.18. The lowest BCUT2D eigenvalue weighted by Gasteiger charge is -1.91. The average molecular weight is 275 g/mol. The fraction of sp³-hybridized carbons (Fsp3) is 0.300. The molecule has 1 aromatic heterocycles. The highest BCUT2D eigenvalue weighted by atomic mass is 79.9. The summed E-state index contributed by atoms with van der Waals surface area (Å²) in [6, 6.07) is 3.70. The smallest absolute Gasteiger partial charge is 0.348 e. The largest absolute Gasteiger partial charge is 0.465 e. The van der Waals surface area contributed by atoms with Gasteiger partial charge in [0.1, 0.15) is 4.88 Å². The molecule has 0 amide bonds. The number of alkyl halides is 1. The predicted octanol–water partition coefficient (Wildman–Crippen LogP) is 3.33. The molecule has 0 aliphatic heterocycles. The van der Waals surface area contributed by atoms with E-state index in [-0.39, 0.29) is 5.97 Å². The normalized spacial score (nSPS) is 10.7. The highest BCUT2D eigenvalue weighted by Gasteiger charge is 2.06. The van der Waals surface area contributed by atoms with Crippen LogP contribution in [0.3, 0.4) is 0 Å². The van der Waals surface area contributed by atoms with E-state index < -0.39 is 0 Å². The van der Waals surface area contributed by atoms with Crippen LogP contribution in [0.25, 0.3) is 6.08 Å². The summed E-state index contributed by atoms with van der Waals surface area (Å²) in [7, 11) is 1.39. The summed E-state index contributed by atoms with van der Waals surface area (Å²) in [5, 5.41) is 0.957. The van der Waals surface area contributed by atoms with Crippen LogP contribution < -0.4 is 0 Å². The quantitative estimate of drug-likeness (QED) is 0.622. The zero-order valence-electron chi connectivity index (χ0n) is 7.83. The van der Waals surface area contributed by atoms with Crippen molar-refractivity contribution in [2.24, 2.45) is 0 Å². The predicted molar refractivity (Wildman–Crippen MR) is 63.1 cm³/mol. The molecule has 0 saturated carbocycles. The summed E-state index contributed by atoms with van der Waals surface area (Å²) >= 11 is 4.78. The summed E-state index contributed by atoms with van der Waals surface area (Å²) in [5.41, 5.74) is 0. The standard InChI is InChI=1S/C10H11BrO2S/c1-13-10(12)9-6-5-8(14-9)4-2-3-7-11/h2,4-6H,3,7H2,1H3. The molecule has 0 aliphatic carbocycles. The first-order valence-electron chi connectivity index (χ1n) is 4.18. The number of hydrogen-bond donors (Lipinski definition) is 0. The van der Waals surface area contributed by atoms with Gasteiger partial charge in [-0.3, -0.25) is 0 Å². The zero-order valence-corrected chi connectivity index (χ0v) is 10.2. The van der Waals surface area contributed by atoms with Crippen LogP contribution in [0.15, 0.2) is 18.2 Å². The first-order valence-corrected chi connectivity index (χ1v) is 6.12. The Balaban J connectivity index is 2.63. The molecule has 0 unspecified atom stereocenters. The Bertz CT molecular complexity index is 331. The molecular formula is C10H11BrO2S. The Morgan fingerprint density at radius 1 is 1.64 bits per heavy atom. The Hall–Kier alpha value is -0.610. The van der Waals surface area contributed by atoms with Crippen molar-refractivity contribution in [3.63, 3.8) is 0 Å². The number of carbonyl (C=O) groups excluding carboxylic acids is 1. The number of hydrogen-bond acceptors (Lipinski definition) is 3. The third-order valence-electron chi connectivity index (χ3n) is 1.57. The van der Waals surface area contributed by atoms with E-state index in [9.17, 15) is 4.79 Å². The molecule has 0 radical (unpaired) electrons. The second kappa shape index (κ2) is 5.98. The molecule has 0 fully saturated rings. The lowest BCUT2D eigenvalue weighted by Crippen LogP contribution is -1.96. The third kappa shape index (κ3) is 3.27. The van der Waals surface area contributed by atoms with E-state index in [1.54, 1.807) is 6.07 Å². The summed E-state index contributed by atoms with van der Waals surface area (Å²) in [5.74, 6) is -0.268. The zero-order chi connectivity index (χ0) is 10.4. The molecule has 1 heterocycles. The van der Waals surface area contributed by atoms with E-state index in [0.717, 1.165) is 16.6 Å². The number of rotatable bonds is 4. The number of halogens is 1. The van der Waals surface area contributed by atoms with Gasteiger partial charge in [-0.1, -0.05) is 22.0 Å². The lowest BCUT2D eigenvalue weighted by molar-refractivity contribution is 0.0606. The molecule has 2 nitrogen and oxygen atoms in total. The maximum atomic E-state index is 11.1. The molecular weight excluding hydrogens is 264 g/mol. The monoisotopic (exact) mass is 274 g/mol. The maximum absolute atomic E-state index is 11.1.